The van der Waals surface area contributed by atoms with Crippen molar-refractivity contribution >= 4 is 41.6 Å². The fourth-order valence-corrected chi connectivity index (χ4v) is 9.68. The molecule has 3 N–H and O–H groups in total. The highest BCUT2D eigenvalue weighted by Crippen LogP contribution is 2.53. The summed E-state index contributed by atoms with van der Waals surface area (Å²) in [5, 5.41) is 18.9. The number of aliphatic hydroxyl groups excluding tert-OH is 1. The van der Waals surface area contributed by atoms with E-state index in [4.69, 9.17) is 38.0 Å². The highest BCUT2D eigenvalue weighted by Gasteiger charge is 2.65. The lowest BCUT2D eigenvalue weighted by atomic mass is 9.77. The molecule has 0 radical (unpaired) electrons. The van der Waals surface area contributed by atoms with Crippen LogP contribution >= 0.6 is 7.75 Å². The molecule has 3 heterocycles. The number of benzene rings is 5. The number of anilines is 1. The average Bonchev–Trinajstić information content (AvgIpc) is 3.84. The number of alkyl halides is 2. The van der Waals surface area contributed by atoms with Crippen molar-refractivity contribution in [1.29, 1.82) is 0 Å². The number of ether oxygens (including phenoxy) is 4. The van der Waals surface area contributed by atoms with Gasteiger partial charge in [-0.25, -0.2) is 18.3 Å². The maximum atomic E-state index is 17.3. The molecule has 0 spiro atoms. The Balaban J connectivity index is 1.16. The number of hydrogen-bond acceptors (Lipinski definition) is 13. The predicted octanol–water partition coefficient (Wildman–Crippen LogP) is 9.46. The van der Waals surface area contributed by atoms with E-state index in [1.807, 2.05) is 98.8 Å². The molecule has 7 aromatic rings. The third kappa shape index (κ3) is 9.49. The molecule has 1 fully saturated rings. The van der Waals surface area contributed by atoms with E-state index in [9.17, 15) is 14.5 Å². The Morgan fingerprint density at radius 1 is 0.897 bits per heavy atom. The molecule has 0 bridgehead atoms. The summed E-state index contributed by atoms with van der Waals surface area (Å²) in [6, 6.07) is 37.6. The summed E-state index contributed by atoms with van der Waals surface area (Å²) in [5.74, 6) is -3.40. The molecular weight excluding hydrogens is 898 g/mol. The second-order valence-electron chi connectivity index (χ2n) is 17.0. The number of halogens is 2. The smallest absolute Gasteiger partial charge is 0.459 e. The first-order valence-corrected chi connectivity index (χ1v) is 23.7. The number of nitrogens with zero attached hydrogens (tertiary/aromatic N) is 4. The van der Waals surface area contributed by atoms with Crippen LogP contribution in [0.25, 0.3) is 21.9 Å². The second-order valence-corrected chi connectivity index (χ2v) is 18.7. The molecule has 356 valence electrons. The minimum atomic E-state index is -4.78. The van der Waals surface area contributed by atoms with E-state index in [0.29, 0.717) is 11.1 Å². The van der Waals surface area contributed by atoms with Crippen LogP contribution in [0, 0.1) is 5.92 Å². The quantitative estimate of drug-likeness (QED) is 0.0397. The van der Waals surface area contributed by atoms with Crippen LogP contribution in [0.5, 0.6) is 17.4 Å². The number of imidazole rings is 1. The van der Waals surface area contributed by atoms with Crippen LogP contribution in [0.15, 0.2) is 134 Å². The first-order chi connectivity index (χ1) is 32.6. The molecule has 1 saturated heterocycles. The molecule has 0 aliphatic carbocycles. The van der Waals surface area contributed by atoms with Gasteiger partial charge in [0.1, 0.15) is 29.7 Å². The van der Waals surface area contributed by atoms with Crippen molar-refractivity contribution in [1.82, 2.24) is 24.6 Å². The lowest BCUT2D eigenvalue weighted by Gasteiger charge is -2.37. The standard InChI is InChI=1S/C50H53F2N6O9P/c1-7-63-43-41-42(54-47(55-43)56-50(35-19-10-8-11-20-35,36-21-12-9-13-22-36)37-25-27-38(62-6)28-26-37)58(31-53-41)46-48(5,51)45(60)49(52,66-46)30-65-68(61,57-33(4)44(59)64-29-32(2)3)67-40-24-16-18-34-17-14-15-23-39(34)40/h8-28,31-33,45-46,60H,7,29-30H2,1-6H3,(H,57,61)(H,54,55,56)/t33-,45-,46+,48+,49+,68?/m0/s1. The zero-order chi connectivity index (χ0) is 48.3. The molecule has 6 atom stereocenters. The van der Waals surface area contributed by atoms with Gasteiger partial charge in [-0.1, -0.05) is 123 Å². The molecule has 18 heteroatoms. The van der Waals surface area contributed by atoms with Crippen molar-refractivity contribution in [2.24, 2.45) is 5.92 Å². The van der Waals surface area contributed by atoms with Crippen molar-refractivity contribution in [2.45, 2.75) is 70.1 Å². The van der Waals surface area contributed by atoms with Crippen LogP contribution in [0.1, 0.15) is 57.5 Å². The highest BCUT2D eigenvalue weighted by atomic mass is 31.2. The Morgan fingerprint density at radius 2 is 1.53 bits per heavy atom. The van der Waals surface area contributed by atoms with E-state index in [2.05, 4.69) is 15.4 Å². The zero-order valence-corrected chi connectivity index (χ0v) is 39.2. The summed E-state index contributed by atoms with van der Waals surface area (Å²) in [7, 11) is -3.20. The van der Waals surface area contributed by atoms with Gasteiger partial charge in [0.05, 0.1) is 26.7 Å². The Kier molecular flexibility index (Phi) is 13.8. The molecule has 15 nitrogen and oxygen atoms in total. The summed E-state index contributed by atoms with van der Waals surface area (Å²) < 4.78 is 84.7. The van der Waals surface area contributed by atoms with Gasteiger partial charge >= 0.3 is 13.7 Å². The lowest BCUT2D eigenvalue weighted by Crippen LogP contribution is -2.47. The molecule has 1 aliphatic rings. The summed E-state index contributed by atoms with van der Waals surface area (Å²) in [6.07, 6.45) is -3.31. The van der Waals surface area contributed by atoms with Gasteiger partial charge in [-0.05, 0) is 67.0 Å². The molecule has 68 heavy (non-hydrogen) atoms. The Labute approximate surface area is 392 Å². The second kappa shape index (κ2) is 19.6. The van der Waals surface area contributed by atoms with Crippen molar-refractivity contribution in [3.8, 4) is 17.4 Å². The van der Waals surface area contributed by atoms with E-state index in [-0.39, 0.29) is 47.9 Å². The van der Waals surface area contributed by atoms with E-state index >= 15 is 8.78 Å². The van der Waals surface area contributed by atoms with E-state index in [0.717, 1.165) is 33.6 Å². The summed E-state index contributed by atoms with van der Waals surface area (Å²) in [5.41, 5.74) is -1.61. The van der Waals surface area contributed by atoms with Gasteiger partial charge in [-0.15, -0.1) is 0 Å². The van der Waals surface area contributed by atoms with E-state index in [1.54, 1.807) is 50.4 Å². The minimum Gasteiger partial charge on any atom is -0.497 e. The molecule has 0 saturated carbocycles. The van der Waals surface area contributed by atoms with Crippen LogP contribution in [0.4, 0.5) is 14.7 Å². The van der Waals surface area contributed by atoms with Gasteiger partial charge in [0.25, 0.3) is 5.85 Å². The number of carbonyl (C=O) groups is 1. The van der Waals surface area contributed by atoms with Gasteiger partial charge in [0.2, 0.25) is 11.8 Å². The summed E-state index contributed by atoms with van der Waals surface area (Å²) in [4.78, 5) is 27.1. The van der Waals surface area contributed by atoms with Gasteiger partial charge < -0.3 is 33.9 Å². The number of aromatic nitrogens is 4. The first-order valence-electron chi connectivity index (χ1n) is 22.1. The van der Waals surface area contributed by atoms with Crippen LogP contribution in [0.3, 0.4) is 0 Å². The Hall–Kier alpha value is -6.49. The Morgan fingerprint density at radius 3 is 2.18 bits per heavy atom. The largest absolute Gasteiger partial charge is 0.497 e. The summed E-state index contributed by atoms with van der Waals surface area (Å²) >= 11 is 0. The third-order valence-corrected chi connectivity index (χ3v) is 13.2. The van der Waals surface area contributed by atoms with Crippen LogP contribution < -0.4 is 24.4 Å². The van der Waals surface area contributed by atoms with Gasteiger partial charge in [-0.2, -0.15) is 15.1 Å². The van der Waals surface area contributed by atoms with Crippen LogP contribution in [-0.2, 0) is 28.9 Å². The molecule has 5 aromatic carbocycles. The number of aliphatic hydroxyl groups is 1. The number of nitrogens with one attached hydrogen (secondary N) is 2. The van der Waals surface area contributed by atoms with Gasteiger partial charge in [-0.3, -0.25) is 13.9 Å². The predicted molar refractivity (Wildman–Crippen MR) is 252 cm³/mol. The molecule has 8 rings (SSSR count). The number of esters is 1. The number of fused-ring (bicyclic) bond motifs is 2. The van der Waals surface area contributed by atoms with Crippen molar-refractivity contribution in [3.63, 3.8) is 0 Å². The molecule has 1 aliphatic heterocycles. The normalized spacial score (nSPS) is 20.8. The van der Waals surface area contributed by atoms with E-state index in [1.165, 1.54) is 19.3 Å². The Bertz CT molecular complexity index is 2870. The maximum Gasteiger partial charge on any atom is 0.459 e. The summed E-state index contributed by atoms with van der Waals surface area (Å²) in [6.45, 7) is 6.69. The van der Waals surface area contributed by atoms with Gasteiger partial charge in [0, 0.05) is 5.39 Å². The lowest BCUT2D eigenvalue weighted by molar-refractivity contribution is -0.202. The number of carbonyl (C=O) groups excluding carboxylic acids is 1. The van der Waals surface area contributed by atoms with Crippen LogP contribution in [0.2, 0.25) is 0 Å². The minimum absolute atomic E-state index is 0.000627. The van der Waals surface area contributed by atoms with Crippen molar-refractivity contribution < 1.29 is 51.2 Å². The molecule has 0 amide bonds. The van der Waals surface area contributed by atoms with Crippen molar-refractivity contribution in [2.75, 3.05) is 32.2 Å². The molecule has 1 unspecified atom stereocenters. The zero-order valence-electron chi connectivity index (χ0n) is 38.3. The fourth-order valence-electron chi connectivity index (χ4n) is 8.15. The topological polar surface area (TPSA) is 177 Å². The molecular formula is C50H53F2N6O9P. The van der Waals surface area contributed by atoms with E-state index < -0.39 is 55.8 Å². The first kappa shape index (κ1) is 48.0. The monoisotopic (exact) mass is 950 g/mol. The number of hydrogen-bond donors (Lipinski definition) is 3. The maximum absolute atomic E-state index is 17.3. The molecule has 2 aromatic heterocycles. The van der Waals surface area contributed by atoms with Crippen molar-refractivity contribution in [3.05, 3.63) is 150 Å². The fraction of sp³-hybridized carbons (Fsp3) is 0.320. The third-order valence-electron chi connectivity index (χ3n) is 11.6. The SMILES string of the molecule is CCOc1nc(NC(c2ccccc2)(c2ccccc2)c2ccc(OC)cc2)nc2c1ncn2[C@@H]1O[C@](F)(COP(=O)(N[C@@H](C)C(=O)OCC(C)C)Oc2cccc3ccccc23)[C@@H](O)[C@@]1(C)F. The van der Waals surface area contributed by atoms with Gasteiger partial charge in [0.15, 0.2) is 29.2 Å². The highest BCUT2D eigenvalue weighted by molar-refractivity contribution is 7.52. The number of methoxy groups -OCH3 is 1. The van der Waals surface area contributed by atoms with Crippen LogP contribution in [-0.4, -0.2) is 81.2 Å². The number of rotatable bonds is 19. The average molecular weight is 951 g/mol.